The van der Waals surface area contributed by atoms with Crippen LogP contribution in [0.1, 0.15) is 12.5 Å². The molecule has 142 valence electrons. The lowest BCUT2D eigenvalue weighted by Gasteiger charge is -2.21. The summed E-state index contributed by atoms with van der Waals surface area (Å²) in [6, 6.07) is 15.9. The van der Waals surface area contributed by atoms with E-state index in [9.17, 15) is 9.59 Å². The summed E-state index contributed by atoms with van der Waals surface area (Å²) < 4.78 is 5.58. The summed E-state index contributed by atoms with van der Waals surface area (Å²) in [6.45, 7) is 2.41. The molecule has 5 nitrogen and oxygen atoms in total. The molecule has 2 aromatic carbocycles. The first-order valence-electron chi connectivity index (χ1n) is 8.62. The Morgan fingerprint density at radius 1 is 1.15 bits per heavy atom. The third-order valence-electron chi connectivity index (χ3n) is 3.84. The highest BCUT2D eigenvalue weighted by atomic mass is 35.5. The van der Waals surface area contributed by atoms with Crippen LogP contribution in [0, 0.1) is 0 Å². The molecule has 1 atom stereocenters. The fraction of sp³-hybridized carbons (Fsp3) is 0.238. The minimum Gasteiger partial charge on any atom is -0.492 e. The molecule has 27 heavy (non-hydrogen) atoms. The first-order chi connectivity index (χ1) is 13.0. The first kappa shape index (κ1) is 20.5. The molecule has 2 rings (SSSR count). The smallest absolute Gasteiger partial charge is 0.244 e. The molecule has 0 aromatic heterocycles. The van der Waals surface area contributed by atoms with E-state index in [1.165, 1.54) is 11.0 Å². The highest BCUT2D eigenvalue weighted by Gasteiger charge is 2.18. The number of carbonyl (C=O) groups is 2. The lowest BCUT2D eigenvalue weighted by molar-refractivity contribution is -0.134. The lowest BCUT2D eigenvalue weighted by Crippen LogP contribution is -2.46. The molecule has 0 spiro atoms. The summed E-state index contributed by atoms with van der Waals surface area (Å²) in [6.07, 6.45) is 3.12. The van der Waals surface area contributed by atoms with Crippen molar-refractivity contribution in [1.29, 1.82) is 0 Å². The number of carbonyl (C=O) groups excluding carboxylic acids is 2. The molecule has 0 saturated carbocycles. The molecule has 0 saturated heterocycles. The Balaban J connectivity index is 1.75. The van der Waals surface area contributed by atoms with Gasteiger partial charge < -0.3 is 15.0 Å². The third-order valence-corrected chi connectivity index (χ3v) is 4.09. The number of hydrogen-bond acceptors (Lipinski definition) is 3. The summed E-state index contributed by atoms with van der Waals surface area (Å²) in [5.41, 5.74) is 0.920. The molecule has 1 unspecified atom stereocenters. The van der Waals surface area contributed by atoms with Crippen LogP contribution in [0.25, 0.3) is 6.08 Å². The summed E-state index contributed by atoms with van der Waals surface area (Å²) in [4.78, 5) is 25.9. The molecule has 1 N–H and O–H groups in total. The molecule has 6 heteroatoms. The Bertz CT molecular complexity index is 776. The maximum Gasteiger partial charge on any atom is 0.244 e. The van der Waals surface area contributed by atoms with Crippen LogP contribution in [0.15, 0.2) is 60.7 Å². The number of hydrogen-bond donors (Lipinski definition) is 1. The zero-order valence-corrected chi connectivity index (χ0v) is 16.1. The van der Waals surface area contributed by atoms with Crippen molar-refractivity contribution in [2.75, 3.05) is 20.2 Å². The summed E-state index contributed by atoms with van der Waals surface area (Å²) in [5, 5.41) is 3.31. The van der Waals surface area contributed by atoms with E-state index in [4.69, 9.17) is 16.3 Å². The van der Waals surface area contributed by atoms with Gasteiger partial charge in [-0.25, -0.2) is 0 Å². The molecule has 0 radical (unpaired) electrons. The van der Waals surface area contributed by atoms with Crippen molar-refractivity contribution >= 4 is 29.5 Å². The standard InChI is InChI=1S/C21H23ClN2O3/c1-16(23-20(25)13-8-17-6-4-3-5-7-17)21(26)24(2)14-15-27-19-11-9-18(22)10-12-19/h3-13,16H,14-15H2,1-2H3,(H,23,25)/b13-8+. The van der Waals surface area contributed by atoms with Crippen molar-refractivity contribution < 1.29 is 14.3 Å². The average molecular weight is 387 g/mol. The predicted molar refractivity (Wildman–Crippen MR) is 108 cm³/mol. The van der Waals surface area contributed by atoms with Crippen LogP contribution in [-0.4, -0.2) is 43.0 Å². The van der Waals surface area contributed by atoms with E-state index >= 15 is 0 Å². The van der Waals surface area contributed by atoms with Gasteiger partial charge in [0.05, 0.1) is 6.54 Å². The van der Waals surface area contributed by atoms with Gasteiger partial charge in [-0.15, -0.1) is 0 Å². The van der Waals surface area contributed by atoms with Crippen LogP contribution >= 0.6 is 11.6 Å². The van der Waals surface area contributed by atoms with Gasteiger partial charge >= 0.3 is 0 Å². The summed E-state index contributed by atoms with van der Waals surface area (Å²) in [5.74, 6) is 0.189. The highest BCUT2D eigenvalue weighted by Crippen LogP contribution is 2.15. The van der Waals surface area contributed by atoms with Gasteiger partial charge in [0.2, 0.25) is 11.8 Å². The van der Waals surface area contributed by atoms with Crippen molar-refractivity contribution in [3.8, 4) is 5.75 Å². The normalized spacial score (nSPS) is 11.8. The minimum absolute atomic E-state index is 0.184. The molecule has 2 aromatic rings. The van der Waals surface area contributed by atoms with Gasteiger partial charge in [-0.3, -0.25) is 9.59 Å². The number of benzene rings is 2. The third kappa shape index (κ3) is 7.15. The number of rotatable bonds is 8. The highest BCUT2D eigenvalue weighted by molar-refractivity contribution is 6.30. The molecule has 0 heterocycles. The molecule has 0 fully saturated rings. The van der Waals surface area contributed by atoms with Gasteiger partial charge in [-0.1, -0.05) is 41.9 Å². The second-order valence-corrected chi connectivity index (χ2v) is 6.47. The van der Waals surface area contributed by atoms with Gasteiger partial charge in [-0.2, -0.15) is 0 Å². The minimum atomic E-state index is -0.626. The average Bonchev–Trinajstić information content (AvgIpc) is 2.68. The fourth-order valence-electron chi connectivity index (χ4n) is 2.33. The van der Waals surface area contributed by atoms with Crippen LogP contribution < -0.4 is 10.1 Å². The number of halogens is 1. The molecule has 0 aliphatic carbocycles. The Labute approximate surface area is 164 Å². The van der Waals surface area contributed by atoms with Crippen molar-refractivity contribution in [3.63, 3.8) is 0 Å². The Kier molecular flexibility index (Phi) is 7.89. The van der Waals surface area contributed by atoms with Gasteiger partial charge in [0, 0.05) is 18.1 Å². The molecule has 0 aliphatic rings. The topological polar surface area (TPSA) is 58.6 Å². The predicted octanol–water partition coefficient (Wildman–Crippen LogP) is 3.40. The van der Waals surface area contributed by atoms with E-state index in [2.05, 4.69) is 5.32 Å². The van der Waals surface area contributed by atoms with E-state index in [1.807, 2.05) is 30.3 Å². The van der Waals surface area contributed by atoms with Crippen LogP contribution in [0.4, 0.5) is 0 Å². The SMILES string of the molecule is CC(NC(=O)/C=C/c1ccccc1)C(=O)N(C)CCOc1ccc(Cl)cc1. The van der Waals surface area contributed by atoms with Crippen LogP contribution in [0.3, 0.4) is 0 Å². The van der Waals surface area contributed by atoms with Crippen LogP contribution in [0.2, 0.25) is 5.02 Å². The fourth-order valence-corrected chi connectivity index (χ4v) is 2.46. The molecular formula is C21H23ClN2O3. The van der Waals surface area contributed by atoms with Crippen molar-refractivity contribution in [2.24, 2.45) is 0 Å². The number of ether oxygens (including phenoxy) is 1. The van der Waals surface area contributed by atoms with E-state index in [-0.39, 0.29) is 11.8 Å². The van der Waals surface area contributed by atoms with E-state index < -0.39 is 6.04 Å². The van der Waals surface area contributed by atoms with Crippen LogP contribution in [-0.2, 0) is 9.59 Å². The zero-order chi connectivity index (χ0) is 19.6. The number of amides is 2. The van der Waals surface area contributed by atoms with Gasteiger partial charge in [0.1, 0.15) is 18.4 Å². The quantitative estimate of drug-likeness (QED) is 0.707. The van der Waals surface area contributed by atoms with Gasteiger partial charge in [0.15, 0.2) is 0 Å². The number of nitrogens with zero attached hydrogens (tertiary/aromatic N) is 1. The molecule has 0 bridgehead atoms. The summed E-state index contributed by atoms with van der Waals surface area (Å²) in [7, 11) is 1.68. The Morgan fingerprint density at radius 2 is 1.81 bits per heavy atom. The zero-order valence-electron chi connectivity index (χ0n) is 15.4. The van der Waals surface area contributed by atoms with E-state index in [1.54, 1.807) is 44.3 Å². The Morgan fingerprint density at radius 3 is 2.48 bits per heavy atom. The van der Waals surface area contributed by atoms with E-state index in [0.29, 0.717) is 23.9 Å². The first-order valence-corrected chi connectivity index (χ1v) is 9.00. The second-order valence-electron chi connectivity index (χ2n) is 6.04. The largest absolute Gasteiger partial charge is 0.492 e. The molecular weight excluding hydrogens is 364 g/mol. The van der Waals surface area contributed by atoms with Crippen molar-refractivity contribution in [3.05, 3.63) is 71.3 Å². The lowest BCUT2D eigenvalue weighted by atomic mass is 10.2. The monoisotopic (exact) mass is 386 g/mol. The summed E-state index contributed by atoms with van der Waals surface area (Å²) >= 11 is 5.82. The van der Waals surface area contributed by atoms with E-state index in [0.717, 1.165) is 5.56 Å². The van der Waals surface area contributed by atoms with Crippen LogP contribution in [0.5, 0.6) is 5.75 Å². The number of nitrogens with one attached hydrogen (secondary N) is 1. The van der Waals surface area contributed by atoms with Gasteiger partial charge in [0.25, 0.3) is 0 Å². The van der Waals surface area contributed by atoms with Crippen molar-refractivity contribution in [2.45, 2.75) is 13.0 Å². The Hall–Kier alpha value is -2.79. The maximum absolute atomic E-state index is 12.4. The molecule has 2 amide bonds. The van der Waals surface area contributed by atoms with Crippen molar-refractivity contribution in [1.82, 2.24) is 10.2 Å². The molecule has 0 aliphatic heterocycles. The number of likely N-dealkylation sites (N-methyl/N-ethyl adjacent to an activating group) is 1. The maximum atomic E-state index is 12.4. The van der Waals surface area contributed by atoms with Gasteiger partial charge in [-0.05, 0) is 42.8 Å². The second kappa shape index (κ2) is 10.4.